The van der Waals surface area contributed by atoms with Gasteiger partial charge in [0.05, 0.1) is 6.10 Å². The molecule has 0 amide bonds. The molecule has 0 rings (SSSR count). The summed E-state index contributed by atoms with van der Waals surface area (Å²) in [4.78, 5) is 0. The number of unbranched alkanes of at least 4 members (excludes halogenated alkanes) is 3. The summed E-state index contributed by atoms with van der Waals surface area (Å²) >= 11 is 0. The number of hydrogen-bond donors (Lipinski definition) is 1. The predicted octanol–water partition coefficient (Wildman–Crippen LogP) is 3.66. The molecule has 0 spiro atoms. The minimum atomic E-state index is -1.04. The fraction of sp³-hybridized carbons (Fsp3) is 1.00. The van der Waals surface area contributed by atoms with Crippen molar-refractivity contribution >= 4 is 8.07 Å². The molecule has 0 aromatic carbocycles. The highest BCUT2D eigenvalue weighted by atomic mass is 28.3. The third-order valence-electron chi connectivity index (χ3n) is 2.24. The predicted molar refractivity (Wildman–Crippen MR) is 62.9 cm³/mol. The first-order chi connectivity index (χ1) is 5.95. The molecule has 0 saturated carbocycles. The molecule has 0 saturated heterocycles. The Bertz CT molecular complexity index is 118. The Kier molecular flexibility index (Phi) is 6.69. The SMILES string of the molecule is CCCCCCC(O)C[Si](C)(C)C. The van der Waals surface area contributed by atoms with Gasteiger partial charge in [-0.2, -0.15) is 0 Å². The van der Waals surface area contributed by atoms with Crippen molar-refractivity contribution in [1.82, 2.24) is 0 Å². The highest BCUT2D eigenvalue weighted by Crippen LogP contribution is 2.16. The van der Waals surface area contributed by atoms with Gasteiger partial charge in [-0.3, -0.25) is 0 Å². The molecule has 0 aromatic heterocycles. The Morgan fingerprint density at radius 1 is 1.08 bits per heavy atom. The second-order valence-electron chi connectivity index (χ2n) is 5.27. The lowest BCUT2D eigenvalue weighted by Gasteiger charge is -2.20. The zero-order valence-electron chi connectivity index (χ0n) is 9.77. The maximum Gasteiger partial charge on any atom is 0.0516 e. The van der Waals surface area contributed by atoms with Crippen molar-refractivity contribution in [3.8, 4) is 0 Å². The van der Waals surface area contributed by atoms with Gasteiger partial charge in [0.15, 0.2) is 0 Å². The fourth-order valence-corrected chi connectivity index (χ4v) is 3.23. The largest absolute Gasteiger partial charge is 0.393 e. The Hall–Kier alpha value is 0.177. The summed E-state index contributed by atoms with van der Waals surface area (Å²) in [6.45, 7) is 9.19. The van der Waals surface area contributed by atoms with Crippen LogP contribution in [0.15, 0.2) is 0 Å². The second kappa shape index (κ2) is 6.60. The highest BCUT2D eigenvalue weighted by Gasteiger charge is 2.17. The fourth-order valence-electron chi connectivity index (χ4n) is 1.62. The number of rotatable bonds is 7. The highest BCUT2D eigenvalue weighted by molar-refractivity contribution is 6.76. The van der Waals surface area contributed by atoms with Gasteiger partial charge in [-0.15, -0.1) is 0 Å². The van der Waals surface area contributed by atoms with E-state index in [1.54, 1.807) is 0 Å². The van der Waals surface area contributed by atoms with Crippen molar-refractivity contribution in [1.29, 1.82) is 0 Å². The van der Waals surface area contributed by atoms with Crippen LogP contribution < -0.4 is 0 Å². The van der Waals surface area contributed by atoms with E-state index in [9.17, 15) is 5.11 Å². The van der Waals surface area contributed by atoms with E-state index in [2.05, 4.69) is 26.6 Å². The number of aliphatic hydroxyl groups excluding tert-OH is 1. The van der Waals surface area contributed by atoms with E-state index in [-0.39, 0.29) is 6.10 Å². The Morgan fingerprint density at radius 2 is 1.69 bits per heavy atom. The van der Waals surface area contributed by atoms with Crippen LogP contribution in [0.1, 0.15) is 39.0 Å². The molecule has 0 fully saturated rings. The van der Waals surface area contributed by atoms with Gasteiger partial charge in [-0.1, -0.05) is 52.2 Å². The van der Waals surface area contributed by atoms with Crippen LogP contribution in [0.2, 0.25) is 25.7 Å². The van der Waals surface area contributed by atoms with Crippen molar-refractivity contribution in [2.24, 2.45) is 0 Å². The zero-order chi connectivity index (χ0) is 10.3. The standard InChI is InChI=1S/C11H26OSi/c1-5-6-7-8-9-11(12)10-13(2,3)4/h11-12H,5-10H2,1-4H3. The second-order valence-corrected chi connectivity index (χ2v) is 10.8. The van der Waals surface area contributed by atoms with Crippen LogP contribution >= 0.6 is 0 Å². The summed E-state index contributed by atoms with van der Waals surface area (Å²) in [5, 5.41) is 9.72. The van der Waals surface area contributed by atoms with Gasteiger partial charge in [-0.25, -0.2) is 0 Å². The number of aliphatic hydroxyl groups is 1. The monoisotopic (exact) mass is 202 g/mol. The van der Waals surface area contributed by atoms with Gasteiger partial charge >= 0.3 is 0 Å². The van der Waals surface area contributed by atoms with Crippen LogP contribution in [0.3, 0.4) is 0 Å². The van der Waals surface area contributed by atoms with Gasteiger partial charge in [-0.05, 0) is 12.5 Å². The average molecular weight is 202 g/mol. The van der Waals surface area contributed by atoms with Crippen molar-refractivity contribution < 1.29 is 5.11 Å². The molecule has 80 valence electrons. The van der Waals surface area contributed by atoms with E-state index in [4.69, 9.17) is 0 Å². The summed E-state index contributed by atoms with van der Waals surface area (Å²) in [5.41, 5.74) is 0. The Balaban J connectivity index is 3.35. The lowest BCUT2D eigenvalue weighted by atomic mass is 10.1. The van der Waals surface area contributed by atoms with E-state index in [0.717, 1.165) is 12.5 Å². The molecule has 13 heavy (non-hydrogen) atoms. The van der Waals surface area contributed by atoms with Crippen LogP contribution in [0.4, 0.5) is 0 Å². The van der Waals surface area contributed by atoms with Crippen LogP contribution in [0, 0.1) is 0 Å². The van der Waals surface area contributed by atoms with Crippen molar-refractivity contribution in [3.63, 3.8) is 0 Å². The third-order valence-corrected chi connectivity index (χ3v) is 3.93. The lowest BCUT2D eigenvalue weighted by Crippen LogP contribution is -2.26. The molecule has 0 bridgehead atoms. The van der Waals surface area contributed by atoms with Crippen LogP contribution in [-0.4, -0.2) is 19.3 Å². The first-order valence-electron chi connectivity index (χ1n) is 5.64. The molecular weight excluding hydrogens is 176 g/mol. The van der Waals surface area contributed by atoms with E-state index in [0.29, 0.717) is 0 Å². The van der Waals surface area contributed by atoms with Crippen LogP contribution in [0.5, 0.6) is 0 Å². The Morgan fingerprint density at radius 3 is 2.15 bits per heavy atom. The molecule has 0 aliphatic heterocycles. The van der Waals surface area contributed by atoms with E-state index < -0.39 is 8.07 Å². The van der Waals surface area contributed by atoms with E-state index >= 15 is 0 Å². The van der Waals surface area contributed by atoms with Gasteiger partial charge in [0.2, 0.25) is 0 Å². The molecule has 0 radical (unpaired) electrons. The van der Waals surface area contributed by atoms with E-state index in [1.165, 1.54) is 25.7 Å². The molecule has 1 nitrogen and oxygen atoms in total. The first-order valence-corrected chi connectivity index (χ1v) is 9.34. The van der Waals surface area contributed by atoms with Gasteiger partial charge in [0.25, 0.3) is 0 Å². The topological polar surface area (TPSA) is 20.2 Å². The maximum atomic E-state index is 9.72. The summed E-state index contributed by atoms with van der Waals surface area (Å²) in [6, 6.07) is 1.07. The summed E-state index contributed by atoms with van der Waals surface area (Å²) in [7, 11) is -1.04. The minimum absolute atomic E-state index is 0.0245. The van der Waals surface area contributed by atoms with Gasteiger partial charge in [0, 0.05) is 8.07 Å². The molecule has 2 heteroatoms. The van der Waals surface area contributed by atoms with Crippen molar-refractivity contribution in [2.45, 2.75) is 70.8 Å². The smallest absolute Gasteiger partial charge is 0.0516 e. The molecule has 1 N–H and O–H groups in total. The van der Waals surface area contributed by atoms with Crippen LogP contribution in [-0.2, 0) is 0 Å². The molecule has 1 unspecified atom stereocenters. The van der Waals surface area contributed by atoms with Crippen LogP contribution in [0.25, 0.3) is 0 Å². The Labute approximate surface area is 84.6 Å². The quantitative estimate of drug-likeness (QED) is 0.493. The zero-order valence-corrected chi connectivity index (χ0v) is 10.8. The van der Waals surface area contributed by atoms with Crippen molar-refractivity contribution in [3.05, 3.63) is 0 Å². The van der Waals surface area contributed by atoms with Gasteiger partial charge in [0.1, 0.15) is 0 Å². The molecule has 0 aliphatic rings. The van der Waals surface area contributed by atoms with Gasteiger partial charge < -0.3 is 5.11 Å². The maximum absolute atomic E-state index is 9.72. The summed E-state index contributed by atoms with van der Waals surface area (Å²) in [6.07, 6.45) is 6.09. The molecular formula is C11H26OSi. The molecule has 0 aliphatic carbocycles. The lowest BCUT2D eigenvalue weighted by molar-refractivity contribution is 0.178. The number of hydrogen-bond acceptors (Lipinski definition) is 1. The van der Waals surface area contributed by atoms with Crippen molar-refractivity contribution in [2.75, 3.05) is 0 Å². The first kappa shape index (κ1) is 13.2. The summed E-state index contributed by atoms with van der Waals surface area (Å²) < 4.78 is 0. The third kappa shape index (κ3) is 10.1. The summed E-state index contributed by atoms with van der Waals surface area (Å²) in [5.74, 6) is 0. The average Bonchev–Trinajstić information content (AvgIpc) is 1.94. The molecule has 0 aromatic rings. The van der Waals surface area contributed by atoms with E-state index in [1.807, 2.05) is 0 Å². The normalized spacial score (nSPS) is 14.5. The molecule has 1 atom stereocenters. The molecule has 0 heterocycles. The minimum Gasteiger partial charge on any atom is -0.393 e.